The van der Waals surface area contributed by atoms with Gasteiger partial charge in [-0.15, -0.1) is 0 Å². The minimum Gasteiger partial charge on any atom is -0.461 e. The molecular formula is C15H22O4. The van der Waals surface area contributed by atoms with Crippen molar-refractivity contribution in [2.45, 2.75) is 63.9 Å². The number of esters is 1. The van der Waals surface area contributed by atoms with Gasteiger partial charge in [-0.05, 0) is 26.2 Å². The summed E-state index contributed by atoms with van der Waals surface area (Å²) in [5, 5.41) is 10.5. The summed E-state index contributed by atoms with van der Waals surface area (Å²) in [7, 11) is 0. The Morgan fingerprint density at radius 3 is 2.84 bits per heavy atom. The van der Waals surface area contributed by atoms with E-state index < -0.39 is 6.10 Å². The fourth-order valence-corrected chi connectivity index (χ4v) is 5.62. The van der Waals surface area contributed by atoms with Gasteiger partial charge in [0.15, 0.2) is 0 Å². The molecular weight excluding hydrogens is 244 g/mol. The first kappa shape index (κ1) is 12.2. The van der Waals surface area contributed by atoms with E-state index in [9.17, 15) is 9.90 Å². The minimum atomic E-state index is -0.445. The van der Waals surface area contributed by atoms with Gasteiger partial charge in [0.2, 0.25) is 0 Å². The summed E-state index contributed by atoms with van der Waals surface area (Å²) in [6.45, 7) is 6.26. The molecule has 4 heteroatoms. The average Bonchev–Trinajstić information content (AvgIpc) is 2.88. The Balaban J connectivity index is 1.80. The number of carbonyl (C=O) groups is 1. The Kier molecular flexibility index (Phi) is 2.14. The number of ether oxygens (including phenoxy) is 2. The molecule has 0 unspecified atom stereocenters. The Morgan fingerprint density at radius 1 is 1.37 bits per heavy atom. The van der Waals surface area contributed by atoms with Gasteiger partial charge in [-0.2, -0.15) is 0 Å². The van der Waals surface area contributed by atoms with Gasteiger partial charge in [0.05, 0.1) is 23.7 Å². The molecule has 0 spiro atoms. The first-order valence-electron chi connectivity index (χ1n) is 7.43. The van der Waals surface area contributed by atoms with Gasteiger partial charge >= 0.3 is 5.97 Å². The molecule has 0 radical (unpaired) electrons. The number of fused-ring (bicyclic) bond motifs is 7. The molecule has 4 nitrogen and oxygen atoms in total. The summed E-state index contributed by atoms with van der Waals surface area (Å²) >= 11 is 0. The lowest BCUT2D eigenvalue weighted by Crippen LogP contribution is -2.58. The summed E-state index contributed by atoms with van der Waals surface area (Å²) in [4.78, 5) is 11.9. The second-order valence-corrected chi connectivity index (χ2v) is 7.48. The smallest absolute Gasteiger partial charge is 0.309 e. The van der Waals surface area contributed by atoms with E-state index in [0.29, 0.717) is 0 Å². The molecule has 3 saturated heterocycles. The number of aliphatic hydroxyl groups is 1. The van der Waals surface area contributed by atoms with Gasteiger partial charge < -0.3 is 14.6 Å². The first-order valence-corrected chi connectivity index (χ1v) is 7.43. The maximum Gasteiger partial charge on any atom is 0.309 e. The third-order valence-corrected chi connectivity index (χ3v) is 6.42. The molecule has 0 aromatic heterocycles. The summed E-state index contributed by atoms with van der Waals surface area (Å²) in [5.74, 6) is -0.150. The van der Waals surface area contributed by atoms with Crippen molar-refractivity contribution in [1.29, 1.82) is 0 Å². The van der Waals surface area contributed by atoms with Crippen molar-refractivity contribution < 1.29 is 19.4 Å². The van der Waals surface area contributed by atoms with Crippen LogP contribution in [0.2, 0.25) is 0 Å². The van der Waals surface area contributed by atoms with Crippen LogP contribution in [0.5, 0.6) is 0 Å². The summed E-state index contributed by atoms with van der Waals surface area (Å²) in [6, 6.07) is 0. The SMILES string of the molecule is C[C@@H]1C(=O)O[C@H]2[C@H]1[C@@H](O)C[C@]1(C)[C@@H]3CC[C@@](C)(O3)[C@H]21. The average molecular weight is 266 g/mol. The highest BCUT2D eigenvalue weighted by Gasteiger charge is 2.71. The molecule has 19 heavy (non-hydrogen) atoms. The maximum atomic E-state index is 11.9. The molecule has 1 aliphatic carbocycles. The zero-order valence-corrected chi connectivity index (χ0v) is 11.8. The third-order valence-electron chi connectivity index (χ3n) is 6.42. The van der Waals surface area contributed by atoms with E-state index in [0.717, 1.165) is 19.3 Å². The zero-order chi connectivity index (χ0) is 13.6. The molecule has 0 aromatic carbocycles. The van der Waals surface area contributed by atoms with Crippen LogP contribution in [0.1, 0.15) is 40.0 Å². The van der Waals surface area contributed by atoms with Crippen molar-refractivity contribution in [3.63, 3.8) is 0 Å². The lowest BCUT2D eigenvalue weighted by molar-refractivity contribution is -0.155. The van der Waals surface area contributed by atoms with Gasteiger partial charge in [0.1, 0.15) is 6.10 Å². The van der Waals surface area contributed by atoms with Crippen molar-refractivity contribution in [1.82, 2.24) is 0 Å². The fourth-order valence-electron chi connectivity index (χ4n) is 5.62. The number of hydrogen-bond donors (Lipinski definition) is 1. The largest absolute Gasteiger partial charge is 0.461 e. The van der Waals surface area contributed by atoms with Crippen molar-refractivity contribution in [2.24, 2.45) is 23.2 Å². The molecule has 1 saturated carbocycles. The van der Waals surface area contributed by atoms with Crippen LogP contribution in [0.25, 0.3) is 0 Å². The molecule has 8 atom stereocenters. The summed E-state index contributed by atoms with van der Waals surface area (Å²) in [6.07, 6.45) is 2.46. The number of rotatable bonds is 0. The second-order valence-electron chi connectivity index (χ2n) is 7.48. The van der Waals surface area contributed by atoms with Crippen LogP contribution >= 0.6 is 0 Å². The van der Waals surface area contributed by atoms with Crippen LogP contribution < -0.4 is 0 Å². The van der Waals surface area contributed by atoms with Gasteiger partial charge in [0.25, 0.3) is 0 Å². The van der Waals surface area contributed by atoms with Crippen LogP contribution in [0, 0.1) is 23.2 Å². The maximum absolute atomic E-state index is 11.9. The molecule has 2 bridgehead atoms. The van der Waals surface area contributed by atoms with Gasteiger partial charge in [-0.1, -0.05) is 13.8 Å². The minimum absolute atomic E-state index is 0.0437. The standard InChI is InChI=1S/C15H22O4/c1-7-10-8(16)6-14(2)9-4-5-15(3,19-9)12(14)11(10)18-13(7)17/h7-12,16H,4-6H2,1-3H3/t7-,8-,9-,10+,11-,12+,14+,15+/m0/s1. The Morgan fingerprint density at radius 2 is 2.11 bits per heavy atom. The van der Waals surface area contributed by atoms with E-state index in [2.05, 4.69) is 13.8 Å². The van der Waals surface area contributed by atoms with Crippen LogP contribution in [0.15, 0.2) is 0 Å². The topological polar surface area (TPSA) is 55.8 Å². The zero-order valence-electron chi connectivity index (χ0n) is 11.8. The van der Waals surface area contributed by atoms with Crippen LogP contribution in [0.4, 0.5) is 0 Å². The lowest BCUT2D eigenvalue weighted by atomic mass is 9.52. The van der Waals surface area contributed by atoms with E-state index in [-0.39, 0.29) is 46.9 Å². The molecule has 3 aliphatic heterocycles. The second kappa shape index (κ2) is 3.34. The van der Waals surface area contributed by atoms with Crippen LogP contribution in [-0.4, -0.2) is 35.0 Å². The molecule has 4 aliphatic rings. The molecule has 4 fully saturated rings. The van der Waals surface area contributed by atoms with E-state index >= 15 is 0 Å². The highest BCUT2D eigenvalue weighted by molar-refractivity contribution is 5.75. The van der Waals surface area contributed by atoms with Crippen LogP contribution in [-0.2, 0) is 14.3 Å². The highest BCUT2D eigenvalue weighted by Crippen LogP contribution is 2.66. The molecule has 1 N–H and O–H groups in total. The normalized spacial score (nSPS) is 62.8. The highest BCUT2D eigenvalue weighted by atomic mass is 16.6. The van der Waals surface area contributed by atoms with Crippen molar-refractivity contribution >= 4 is 5.97 Å². The van der Waals surface area contributed by atoms with Gasteiger partial charge in [-0.3, -0.25) is 4.79 Å². The van der Waals surface area contributed by atoms with Crippen LogP contribution in [0.3, 0.4) is 0 Å². The molecule has 0 amide bonds. The number of carbonyl (C=O) groups excluding carboxylic acids is 1. The summed E-state index contributed by atoms with van der Waals surface area (Å²) < 4.78 is 11.9. The summed E-state index contributed by atoms with van der Waals surface area (Å²) in [5.41, 5.74) is -0.218. The predicted molar refractivity (Wildman–Crippen MR) is 67.3 cm³/mol. The van der Waals surface area contributed by atoms with Crippen molar-refractivity contribution in [3.8, 4) is 0 Å². The molecule has 4 rings (SSSR count). The van der Waals surface area contributed by atoms with E-state index in [1.807, 2.05) is 6.92 Å². The Hall–Kier alpha value is -0.610. The Labute approximate surface area is 113 Å². The van der Waals surface area contributed by atoms with E-state index in [4.69, 9.17) is 9.47 Å². The first-order chi connectivity index (χ1) is 8.87. The molecule has 3 heterocycles. The monoisotopic (exact) mass is 266 g/mol. The third kappa shape index (κ3) is 1.25. The fraction of sp³-hybridized carbons (Fsp3) is 0.933. The molecule has 0 aromatic rings. The van der Waals surface area contributed by atoms with E-state index in [1.165, 1.54) is 0 Å². The van der Waals surface area contributed by atoms with Gasteiger partial charge in [-0.25, -0.2) is 0 Å². The molecule has 106 valence electrons. The number of aliphatic hydroxyl groups excluding tert-OH is 1. The lowest BCUT2D eigenvalue weighted by Gasteiger charge is -2.51. The van der Waals surface area contributed by atoms with Gasteiger partial charge in [0, 0.05) is 17.3 Å². The van der Waals surface area contributed by atoms with Crippen molar-refractivity contribution in [3.05, 3.63) is 0 Å². The quantitative estimate of drug-likeness (QED) is 0.675. The number of hydrogen-bond acceptors (Lipinski definition) is 4. The Bertz CT molecular complexity index is 449. The van der Waals surface area contributed by atoms with Crippen molar-refractivity contribution in [2.75, 3.05) is 0 Å². The van der Waals surface area contributed by atoms with E-state index in [1.54, 1.807) is 0 Å². The predicted octanol–water partition coefficient (Wildman–Crippen LogP) is 1.50.